The number of halogens is 1. The van der Waals surface area contributed by atoms with Crippen molar-refractivity contribution in [3.05, 3.63) is 29.6 Å². The first-order chi connectivity index (χ1) is 8.25. The van der Waals surface area contributed by atoms with Crippen molar-refractivity contribution in [2.45, 2.75) is 26.2 Å². The molecule has 2 nitrogen and oxygen atoms in total. The van der Waals surface area contributed by atoms with E-state index in [1.807, 2.05) is 13.0 Å². The second-order valence-corrected chi connectivity index (χ2v) is 4.68. The second-order valence-electron chi connectivity index (χ2n) is 4.68. The lowest BCUT2D eigenvalue weighted by Crippen LogP contribution is -2.22. The molecule has 1 aliphatic heterocycles. The topological polar surface area (TPSA) is 12.5 Å². The molecule has 1 aromatic carbocycles. The Morgan fingerprint density at radius 1 is 1.29 bits per heavy atom. The van der Waals surface area contributed by atoms with E-state index < -0.39 is 0 Å². The lowest BCUT2D eigenvalue weighted by atomic mass is 10.2. The molecule has 0 amide bonds. The summed E-state index contributed by atoms with van der Waals surface area (Å²) in [6.07, 6.45) is 3.59. The molecule has 0 unspecified atom stereocenters. The molecule has 0 atom stereocenters. The van der Waals surface area contributed by atoms with Crippen molar-refractivity contribution in [3.63, 3.8) is 0 Å². The summed E-state index contributed by atoms with van der Waals surface area (Å²) in [5.74, 6) is 0.114. The van der Waals surface area contributed by atoms with Crippen molar-refractivity contribution in [1.29, 1.82) is 0 Å². The molecule has 0 aromatic heterocycles. The Balaban J connectivity index is 1.70. The highest BCUT2D eigenvalue weighted by Crippen LogP contribution is 2.18. The Morgan fingerprint density at radius 2 is 2.06 bits per heavy atom. The highest BCUT2D eigenvalue weighted by Gasteiger charge is 2.10. The summed E-state index contributed by atoms with van der Waals surface area (Å²) in [6.45, 7) is 5.95. The number of benzene rings is 1. The highest BCUT2D eigenvalue weighted by molar-refractivity contribution is 5.28. The molecule has 0 bridgehead atoms. The molecule has 2 rings (SSSR count). The van der Waals surface area contributed by atoms with E-state index in [0.29, 0.717) is 12.4 Å². The monoisotopic (exact) mass is 237 g/mol. The van der Waals surface area contributed by atoms with Gasteiger partial charge in [-0.15, -0.1) is 0 Å². The van der Waals surface area contributed by atoms with Crippen LogP contribution < -0.4 is 4.74 Å². The summed E-state index contributed by atoms with van der Waals surface area (Å²) in [4.78, 5) is 2.44. The normalized spacial score (nSPS) is 16.4. The molecule has 1 aromatic rings. The van der Waals surface area contributed by atoms with E-state index in [1.54, 1.807) is 6.07 Å². The van der Waals surface area contributed by atoms with Crippen molar-refractivity contribution in [2.75, 3.05) is 26.2 Å². The molecular weight excluding hydrogens is 217 g/mol. The molecule has 0 radical (unpaired) electrons. The van der Waals surface area contributed by atoms with Crippen LogP contribution in [0.2, 0.25) is 0 Å². The van der Waals surface area contributed by atoms with Crippen LogP contribution in [0, 0.1) is 12.7 Å². The van der Waals surface area contributed by atoms with Crippen LogP contribution in [-0.2, 0) is 0 Å². The van der Waals surface area contributed by atoms with Crippen LogP contribution in [-0.4, -0.2) is 31.1 Å². The standard InChI is InChI=1S/C14H20FNO/c1-12-5-6-14(13(15)11-12)17-10-4-9-16-7-2-3-8-16/h5-6,11H,2-4,7-10H2,1H3. The predicted molar refractivity (Wildman–Crippen MR) is 66.9 cm³/mol. The first-order valence-corrected chi connectivity index (χ1v) is 6.37. The zero-order valence-electron chi connectivity index (χ0n) is 10.4. The number of rotatable bonds is 5. The van der Waals surface area contributed by atoms with Gasteiger partial charge in [-0.05, 0) is 57.0 Å². The van der Waals surface area contributed by atoms with Gasteiger partial charge in [-0.25, -0.2) is 4.39 Å². The second kappa shape index (κ2) is 6.01. The van der Waals surface area contributed by atoms with Crippen molar-refractivity contribution in [3.8, 4) is 5.75 Å². The van der Waals surface area contributed by atoms with E-state index in [-0.39, 0.29) is 5.82 Å². The lowest BCUT2D eigenvalue weighted by Gasteiger charge is -2.14. The van der Waals surface area contributed by atoms with E-state index in [2.05, 4.69) is 4.90 Å². The molecule has 0 spiro atoms. The maximum absolute atomic E-state index is 13.4. The Morgan fingerprint density at radius 3 is 2.76 bits per heavy atom. The molecule has 94 valence electrons. The SMILES string of the molecule is Cc1ccc(OCCCN2CCCC2)c(F)c1. The number of likely N-dealkylation sites (tertiary alicyclic amines) is 1. The van der Waals surface area contributed by atoms with Gasteiger partial charge in [-0.3, -0.25) is 0 Å². The summed E-state index contributed by atoms with van der Waals surface area (Å²) >= 11 is 0. The summed E-state index contributed by atoms with van der Waals surface area (Å²) in [6, 6.07) is 5.09. The maximum atomic E-state index is 13.4. The maximum Gasteiger partial charge on any atom is 0.165 e. The first-order valence-electron chi connectivity index (χ1n) is 6.37. The van der Waals surface area contributed by atoms with Crippen molar-refractivity contribution in [2.24, 2.45) is 0 Å². The van der Waals surface area contributed by atoms with E-state index in [9.17, 15) is 4.39 Å². The Hall–Kier alpha value is -1.09. The van der Waals surface area contributed by atoms with E-state index in [4.69, 9.17) is 4.74 Å². The van der Waals surface area contributed by atoms with Crippen LogP contribution in [0.3, 0.4) is 0 Å². The predicted octanol–water partition coefficient (Wildman–Crippen LogP) is 3.00. The van der Waals surface area contributed by atoms with Gasteiger partial charge in [-0.2, -0.15) is 0 Å². The third kappa shape index (κ3) is 3.70. The fourth-order valence-electron chi connectivity index (χ4n) is 2.20. The van der Waals surface area contributed by atoms with E-state index in [1.165, 1.54) is 32.0 Å². The van der Waals surface area contributed by atoms with Crippen LogP contribution in [0.5, 0.6) is 5.75 Å². The van der Waals surface area contributed by atoms with Crippen LogP contribution >= 0.6 is 0 Å². The first kappa shape index (κ1) is 12.4. The number of hydrogen-bond donors (Lipinski definition) is 0. The van der Waals surface area contributed by atoms with E-state index >= 15 is 0 Å². The van der Waals surface area contributed by atoms with Crippen LogP contribution in [0.1, 0.15) is 24.8 Å². The molecule has 1 heterocycles. The van der Waals surface area contributed by atoms with Gasteiger partial charge in [0, 0.05) is 6.54 Å². The minimum absolute atomic E-state index is 0.258. The van der Waals surface area contributed by atoms with Gasteiger partial charge in [0.2, 0.25) is 0 Å². The summed E-state index contributed by atoms with van der Waals surface area (Å²) < 4.78 is 18.9. The van der Waals surface area contributed by atoms with Crippen molar-refractivity contribution >= 4 is 0 Å². The zero-order valence-corrected chi connectivity index (χ0v) is 10.4. The number of hydrogen-bond acceptors (Lipinski definition) is 2. The fraction of sp³-hybridized carbons (Fsp3) is 0.571. The third-order valence-corrected chi connectivity index (χ3v) is 3.16. The minimum atomic E-state index is -0.258. The summed E-state index contributed by atoms with van der Waals surface area (Å²) in [5.41, 5.74) is 0.923. The third-order valence-electron chi connectivity index (χ3n) is 3.16. The molecular formula is C14H20FNO. The quantitative estimate of drug-likeness (QED) is 0.730. The molecule has 1 fully saturated rings. The smallest absolute Gasteiger partial charge is 0.165 e. The molecule has 1 aliphatic rings. The molecule has 0 N–H and O–H groups in total. The van der Waals surface area contributed by atoms with Gasteiger partial charge in [-0.1, -0.05) is 6.07 Å². The highest BCUT2D eigenvalue weighted by atomic mass is 19.1. The van der Waals surface area contributed by atoms with Gasteiger partial charge in [0.25, 0.3) is 0 Å². The summed E-state index contributed by atoms with van der Waals surface area (Å²) in [5, 5.41) is 0. The zero-order chi connectivity index (χ0) is 12.1. The average Bonchev–Trinajstić information content (AvgIpc) is 2.79. The van der Waals surface area contributed by atoms with Crippen molar-refractivity contribution < 1.29 is 9.13 Å². The van der Waals surface area contributed by atoms with Crippen LogP contribution in [0.25, 0.3) is 0 Å². The molecule has 1 saturated heterocycles. The lowest BCUT2D eigenvalue weighted by molar-refractivity contribution is 0.256. The number of ether oxygens (including phenoxy) is 1. The van der Waals surface area contributed by atoms with Gasteiger partial charge in [0.05, 0.1) is 6.61 Å². The van der Waals surface area contributed by atoms with Crippen LogP contribution in [0.15, 0.2) is 18.2 Å². The molecule has 3 heteroatoms. The van der Waals surface area contributed by atoms with Gasteiger partial charge in [0.15, 0.2) is 11.6 Å². The number of nitrogens with zero attached hydrogens (tertiary/aromatic N) is 1. The molecule has 17 heavy (non-hydrogen) atoms. The van der Waals surface area contributed by atoms with Gasteiger partial charge < -0.3 is 9.64 Å². The molecule has 0 saturated carbocycles. The minimum Gasteiger partial charge on any atom is -0.490 e. The largest absolute Gasteiger partial charge is 0.490 e. The van der Waals surface area contributed by atoms with Crippen LogP contribution in [0.4, 0.5) is 4.39 Å². The average molecular weight is 237 g/mol. The molecule has 0 aliphatic carbocycles. The Labute approximate surface area is 102 Å². The Bertz CT molecular complexity index is 361. The van der Waals surface area contributed by atoms with Gasteiger partial charge in [0.1, 0.15) is 0 Å². The van der Waals surface area contributed by atoms with E-state index in [0.717, 1.165) is 18.5 Å². The summed E-state index contributed by atoms with van der Waals surface area (Å²) in [7, 11) is 0. The van der Waals surface area contributed by atoms with Gasteiger partial charge >= 0.3 is 0 Å². The Kier molecular flexibility index (Phi) is 4.37. The fourth-order valence-corrected chi connectivity index (χ4v) is 2.20. The number of aryl methyl sites for hydroxylation is 1. The van der Waals surface area contributed by atoms with Crippen molar-refractivity contribution in [1.82, 2.24) is 4.90 Å².